The van der Waals surface area contributed by atoms with Gasteiger partial charge in [-0.05, 0) is 24.3 Å². The predicted octanol–water partition coefficient (Wildman–Crippen LogP) is 4.01. The highest BCUT2D eigenvalue weighted by Crippen LogP contribution is 2.19. The summed E-state index contributed by atoms with van der Waals surface area (Å²) in [5.74, 6) is -0.639. The van der Waals surface area contributed by atoms with Gasteiger partial charge in [0.2, 0.25) is 0 Å². The standard InChI is InChI=1S/C21H13NO3/c22-14-15-7-6-10-17(13-15)25-21(24)19-12-5-4-11-18(19)20(23)16-8-2-1-3-9-16/h1-13H. The quantitative estimate of drug-likeness (QED) is 0.412. The predicted molar refractivity (Wildman–Crippen MR) is 92.4 cm³/mol. The second kappa shape index (κ2) is 7.24. The summed E-state index contributed by atoms with van der Waals surface area (Å²) in [6.45, 7) is 0. The maximum Gasteiger partial charge on any atom is 0.344 e. The first-order valence-electron chi connectivity index (χ1n) is 7.60. The molecule has 0 fully saturated rings. The molecule has 0 unspecified atom stereocenters. The first-order valence-corrected chi connectivity index (χ1v) is 7.60. The summed E-state index contributed by atoms with van der Waals surface area (Å²) in [7, 11) is 0. The molecule has 3 aromatic carbocycles. The number of carbonyl (C=O) groups excluding carboxylic acids is 2. The Bertz CT molecular complexity index is 972. The van der Waals surface area contributed by atoms with Gasteiger partial charge in [0.1, 0.15) is 5.75 Å². The molecule has 0 N–H and O–H groups in total. The Morgan fingerprint density at radius 1 is 0.800 bits per heavy atom. The molecule has 3 rings (SSSR count). The van der Waals surface area contributed by atoms with Gasteiger partial charge in [-0.2, -0.15) is 5.26 Å². The van der Waals surface area contributed by atoms with Crippen molar-refractivity contribution in [2.24, 2.45) is 0 Å². The van der Waals surface area contributed by atoms with E-state index in [4.69, 9.17) is 10.00 Å². The topological polar surface area (TPSA) is 67.2 Å². The minimum absolute atomic E-state index is 0.179. The summed E-state index contributed by atoms with van der Waals surface area (Å²) in [5, 5.41) is 8.92. The molecule has 4 nitrogen and oxygen atoms in total. The third-order valence-electron chi connectivity index (χ3n) is 3.60. The van der Waals surface area contributed by atoms with Crippen molar-refractivity contribution in [3.63, 3.8) is 0 Å². The molecule has 0 bridgehead atoms. The van der Waals surface area contributed by atoms with Crippen LogP contribution in [0, 0.1) is 11.3 Å². The number of carbonyl (C=O) groups is 2. The van der Waals surface area contributed by atoms with Crippen LogP contribution in [-0.4, -0.2) is 11.8 Å². The Balaban J connectivity index is 1.91. The maximum absolute atomic E-state index is 12.7. The van der Waals surface area contributed by atoms with Gasteiger partial charge in [0.05, 0.1) is 17.2 Å². The SMILES string of the molecule is N#Cc1cccc(OC(=O)c2ccccc2C(=O)c2ccccc2)c1. The number of ether oxygens (including phenoxy) is 1. The summed E-state index contributed by atoms with van der Waals surface area (Å²) < 4.78 is 5.33. The number of hydrogen-bond donors (Lipinski definition) is 0. The molecule has 0 heterocycles. The van der Waals surface area contributed by atoms with E-state index in [9.17, 15) is 9.59 Å². The molecular weight excluding hydrogens is 314 g/mol. The van der Waals surface area contributed by atoms with Gasteiger partial charge in [0, 0.05) is 11.1 Å². The Hall–Kier alpha value is -3.71. The first-order chi connectivity index (χ1) is 12.2. The van der Waals surface area contributed by atoms with Crippen LogP contribution in [0.3, 0.4) is 0 Å². The van der Waals surface area contributed by atoms with Crippen LogP contribution in [0.15, 0.2) is 78.9 Å². The van der Waals surface area contributed by atoms with E-state index in [0.717, 1.165) is 0 Å². The zero-order valence-electron chi connectivity index (χ0n) is 13.2. The summed E-state index contributed by atoms with van der Waals surface area (Å²) in [6, 6.07) is 23.5. The minimum Gasteiger partial charge on any atom is -0.423 e. The molecule has 25 heavy (non-hydrogen) atoms. The molecule has 0 amide bonds. The molecule has 0 aliphatic carbocycles. The Morgan fingerprint density at radius 3 is 2.20 bits per heavy atom. The van der Waals surface area contributed by atoms with Crippen molar-refractivity contribution in [3.05, 3.63) is 101 Å². The van der Waals surface area contributed by atoms with Crippen molar-refractivity contribution in [1.29, 1.82) is 5.26 Å². The van der Waals surface area contributed by atoms with E-state index in [1.807, 2.05) is 12.1 Å². The Kier molecular flexibility index (Phi) is 4.68. The average Bonchev–Trinajstić information content (AvgIpc) is 2.68. The monoisotopic (exact) mass is 327 g/mol. The summed E-state index contributed by atoms with van der Waals surface area (Å²) in [4.78, 5) is 25.2. The third-order valence-corrected chi connectivity index (χ3v) is 3.60. The molecule has 0 aliphatic rings. The molecule has 0 aromatic heterocycles. The smallest absolute Gasteiger partial charge is 0.344 e. The van der Waals surface area contributed by atoms with E-state index in [-0.39, 0.29) is 22.7 Å². The van der Waals surface area contributed by atoms with Crippen molar-refractivity contribution >= 4 is 11.8 Å². The largest absolute Gasteiger partial charge is 0.423 e. The van der Waals surface area contributed by atoms with Crippen LogP contribution >= 0.6 is 0 Å². The lowest BCUT2D eigenvalue weighted by Gasteiger charge is -2.09. The number of nitriles is 1. The lowest BCUT2D eigenvalue weighted by molar-refractivity contribution is 0.0730. The fourth-order valence-electron chi connectivity index (χ4n) is 2.40. The highest BCUT2D eigenvalue weighted by Gasteiger charge is 2.19. The molecule has 0 radical (unpaired) electrons. The highest BCUT2D eigenvalue weighted by atomic mass is 16.5. The van der Waals surface area contributed by atoms with Gasteiger partial charge >= 0.3 is 5.97 Å². The number of hydrogen-bond acceptors (Lipinski definition) is 4. The average molecular weight is 327 g/mol. The second-order valence-corrected chi connectivity index (χ2v) is 5.27. The minimum atomic E-state index is -0.644. The van der Waals surface area contributed by atoms with Gasteiger partial charge in [-0.3, -0.25) is 4.79 Å². The van der Waals surface area contributed by atoms with Crippen LogP contribution < -0.4 is 4.74 Å². The normalized spacial score (nSPS) is 9.88. The van der Waals surface area contributed by atoms with E-state index in [0.29, 0.717) is 11.1 Å². The molecule has 0 atom stereocenters. The van der Waals surface area contributed by atoms with Crippen LogP contribution in [0.2, 0.25) is 0 Å². The molecule has 0 aliphatic heterocycles. The fraction of sp³-hybridized carbons (Fsp3) is 0. The van der Waals surface area contributed by atoms with Crippen LogP contribution in [0.1, 0.15) is 31.8 Å². The van der Waals surface area contributed by atoms with E-state index in [1.165, 1.54) is 6.07 Å². The van der Waals surface area contributed by atoms with Gasteiger partial charge in [0.25, 0.3) is 0 Å². The Labute approximate surface area is 144 Å². The zero-order chi connectivity index (χ0) is 17.6. The number of benzene rings is 3. The highest BCUT2D eigenvalue weighted by molar-refractivity contribution is 6.14. The van der Waals surface area contributed by atoms with Crippen molar-refractivity contribution in [1.82, 2.24) is 0 Å². The van der Waals surface area contributed by atoms with Gasteiger partial charge in [-0.25, -0.2) is 4.79 Å². The van der Waals surface area contributed by atoms with Gasteiger partial charge < -0.3 is 4.74 Å². The van der Waals surface area contributed by atoms with E-state index in [2.05, 4.69) is 0 Å². The molecule has 0 saturated heterocycles. The van der Waals surface area contributed by atoms with Crippen molar-refractivity contribution in [2.75, 3.05) is 0 Å². The van der Waals surface area contributed by atoms with E-state index in [1.54, 1.807) is 66.7 Å². The third kappa shape index (κ3) is 3.62. The van der Waals surface area contributed by atoms with Crippen molar-refractivity contribution in [3.8, 4) is 11.8 Å². The van der Waals surface area contributed by atoms with E-state index < -0.39 is 5.97 Å². The second-order valence-electron chi connectivity index (χ2n) is 5.27. The number of nitrogens with zero attached hydrogens (tertiary/aromatic N) is 1. The lowest BCUT2D eigenvalue weighted by atomic mass is 9.98. The molecule has 0 saturated carbocycles. The first kappa shape index (κ1) is 16.2. The van der Waals surface area contributed by atoms with Crippen LogP contribution in [0.5, 0.6) is 5.75 Å². The van der Waals surface area contributed by atoms with Gasteiger partial charge in [-0.1, -0.05) is 54.6 Å². The van der Waals surface area contributed by atoms with Crippen LogP contribution in [-0.2, 0) is 0 Å². The molecule has 0 spiro atoms. The van der Waals surface area contributed by atoms with Crippen molar-refractivity contribution in [2.45, 2.75) is 0 Å². The molecular formula is C21H13NO3. The fourth-order valence-corrected chi connectivity index (χ4v) is 2.40. The maximum atomic E-state index is 12.7. The molecule has 4 heteroatoms. The van der Waals surface area contributed by atoms with Gasteiger partial charge in [0.15, 0.2) is 5.78 Å². The number of ketones is 1. The zero-order valence-corrected chi connectivity index (χ0v) is 13.2. The summed E-state index contributed by atoms with van der Waals surface area (Å²) in [5.41, 5.74) is 1.34. The van der Waals surface area contributed by atoms with Gasteiger partial charge in [-0.15, -0.1) is 0 Å². The Morgan fingerprint density at radius 2 is 1.48 bits per heavy atom. The van der Waals surface area contributed by atoms with Crippen LogP contribution in [0.4, 0.5) is 0 Å². The van der Waals surface area contributed by atoms with Crippen LogP contribution in [0.25, 0.3) is 0 Å². The van der Waals surface area contributed by atoms with Crippen molar-refractivity contribution < 1.29 is 14.3 Å². The molecule has 120 valence electrons. The number of rotatable bonds is 4. The van der Waals surface area contributed by atoms with E-state index >= 15 is 0 Å². The lowest BCUT2D eigenvalue weighted by Crippen LogP contribution is -2.14. The summed E-state index contributed by atoms with van der Waals surface area (Å²) >= 11 is 0. The number of esters is 1. The summed E-state index contributed by atoms with van der Waals surface area (Å²) in [6.07, 6.45) is 0. The molecule has 3 aromatic rings.